The van der Waals surface area contributed by atoms with Crippen molar-refractivity contribution in [3.63, 3.8) is 0 Å². The molecule has 2 rings (SSSR count). The van der Waals surface area contributed by atoms with E-state index in [1.807, 2.05) is 67.6 Å². The highest BCUT2D eigenvalue weighted by Crippen LogP contribution is 2.14. The molecule has 0 saturated heterocycles. The SMILES string of the molecule is CCCC(CCCO)N(NC(=O)OCc1ccccc1)C(=O)OCc1ccccc1. The number of rotatable bonds is 10. The molecule has 30 heavy (non-hydrogen) atoms. The van der Waals surface area contributed by atoms with Crippen LogP contribution in [0.3, 0.4) is 0 Å². The van der Waals surface area contributed by atoms with Gasteiger partial charge in [0.2, 0.25) is 0 Å². The zero-order chi connectivity index (χ0) is 21.6. The molecule has 0 fully saturated rings. The van der Waals surface area contributed by atoms with Crippen LogP contribution in [-0.4, -0.2) is 35.0 Å². The van der Waals surface area contributed by atoms with Crippen LogP contribution < -0.4 is 5.43 Å². The number of hydrogen-bond acceptors (Lipinski definition) is 5. The molecule has 2 aromatic carbocycles. The summed E-state index contributed by atoms with van der Waals surface area (Å²) in [5, 5.41) is 10.4. The molecule has 0 aliphatic heterocycles. The van der Waals surface area contributed by atoms with Gasteiger partial charge in [0.15, 0.2) is 0 Å². The van der Waals surface area contributed by atoms with E-state index >= 15 is 0 Å². The number of aliphatic hydroxyl groups is 1. The van der Waals surface area contributed by atoms with Crippen molar-refractivity contribution in [2.75, 3.05) is 6.61 Å². The number of benzene rings is 2. The van der Waals surface area contributed by atoms with Crippen molar-refractivity contribution in [2.45, 2.75) is 51.9 Å². The zero-order valence-electron chi connectivity index (χ0n) is 17.3. The Morgan fingerprint density at radius 2 is 1.50 bits per heavy atom. The molecule has 0 radical (unpaired) electrons. The van der Waals surface area contributed by atoms with E-state index in [4.69, 9.17) is 9.47 Å². The van der Waals surface area contributed by atoms with Gasteiger partial charge in [0.25, 0.3) is 0 Å². The summed E-state index contributed by atoms with van der Waals surface area (Å²) in [6, 6.07) is 18.3. The molecule has 0 aliphatic carbocycles. The van der Waals surface area contributed by atoms with Crippen molar-refractivity contribution in [3.05, 3.63) is 71.8 Å². The van der Waals surface area contributed by atoms with Gasteiger partial charge in [0.1, 0.15) is 13.2 Å². The fourth-order valence-corrected chi connectivity index (χ4v) is 2.99. The standard InChI is InChI=1S/C23H30N2O5/c1-2-10-21(15-9-16-26)25(23(28)30-18-20-13-7-4-8-14-20)24-22(27)29-17-19-11-5-3-6-12-19/h3-8,11-14,21,26H,2,9-10,15-18H2,1H3,(H,24,27). The van der Waals surface area contributed by atoms with Gasteiger partial charge in [-0.05, 0) is 30.4 Å². The van der Waals surface area contributed by atoms with Crippen LogP contribution in [0.1, 0.15) is 43.7 Å². The summed E-state index contributed by atoms with van der Waals surface area (Å²) in [4.78, 5) is 25.1. The lowest BCUT2D eigenvalue weighted by Crippen LogP contribution is -2.52. The van der Waals surface area contributed by atoms with Crippen molar-refractivity contribution in [2.24, 2.45) is 0 Å². The predicted molar refractivity (Wildman–Crippen MR) is 113 cm³/mol. The van der Waals surface area contributed by atoms with Crippen molar-refractivity contribution < 1.29 is 24.2 Å². The third kappa shape index (κ3) is 8.13. The number of aliphatic hydroxyl groups excluding tert-OH is 1. The minimum Gasteiger partial charge on any atom is -0.443 e. The summed E-state index contributed by atoms with van der Waals surface area (Å²) < 4.78 is 10.7. The number of hydrogen-bond donors (Lipinski definition) is 2. The molecule has 7 heteroatoms. The summed E-state index contributed by atoms with van der Waals surface area (Å²) in [7, 11) is 0. The van der Waals surface area contributed by atoms with Crippen LogP contribution in [0.4, 0.5) is 9.59 Å². The molecular weight excluding hydrogens is 384 g/mol. The quantitative estimate of drug-likeness (QED) is 0.562. The van der Waals surface area contributed by atoms with Crippen molar-refractivity contribution in [1.82, 2.24) is 10.4 Å². The first-order valence-electron chi connectivity index (χ1n) is 10.2. The lowest BCUT2D eigenvalue weighted by Gasteiger charge is -2.30. The summed E-state index contributed by atoms with van der Waals surface area (Å²) in [6.45, 7) is 2.18. The first kappa shape index (κ1) is 23.2. The molecule has 0 heterocycles. The van der Waals surface area contributed by atoms with E-state index in [1.165, 1.54) is 5.01 Å². The molecule has 1 atom stereocenters. The van der Waals surface area contributed by atoms with E-state index in [0.29, 0.717) is 19.3 Å². The fourth-order valence-electron chi connectivity index (χ4n) is 2.99. The summed E-state index contributed by atoms with van der Waals surface area (Å²) in [5.74, 6) is 0. The van der Waals surface area contributed by atoms with Gasteiger partial charge in [-0.25, -0.2) is 20.0 Å². The Hall–Kier alpha value is -3.06. The van der Waals surface area contributed by atoms with Crippen molar-refractivity contribution in [1.29, 1.82) is 0 Å². The zero-order valence-corrected chi connectivity index (χ0v) is 17.3. The van der Waals surface area contributed by atoms with Gasteiger partial charge >= 0.3 is 12.2 Å². The van der Waals surface area contributed by atoms with Crippen molar-refractivity contribution in [3.8, 4) is 0 Å². The molecule has 0 saturated carbocycles. The molecule has 7 nitrogen and oxygen atoms in total. The summed E-state index contributed by atoms with van der Waals surface area (Å²) in [5.41, 5.74) is 4.22. The van der Waals surface area contributed by atoms with Crippen LogP contribution in [-0.2, 0) is 22.7 Å². The topological polar surface area (TPSA) is 88.1 Å². The number of nitrogens with one attached hydrogen (secondary N) is 1. The van der Waals surface area contributed by atoms with Gasteiger partial charge in [-0.15, -0.1) is 0 Å². The average Bonchev–Trinajstić information content (AvgIpc) is 2.79. The van der Waals surface area contributed by atoms with Crippen LogP contribution in [0, 0.1) is 0 Å². The molecule has 0 bridgehead atoms. The summed E-state index contributed by atoms with van der Waals surface area (Å²) in [6.07, 6.45) is 1.10. The van der Waals surface area contributed by atoms with Crippen LogP contribution in [0.2, 0.25) is 0 Å². The van der Waals surface area contributed by atoms with E-state index in [-0.39, 0.29) is 25.9 Å². The van der Waals surface area contributed by atoms with E-state index in [0.717, 1.165) is 17.5 Å². The minimum atomic E-state index is -0.736. The molecule has 2 amide bonds. The Labute approximate surface area is 177 Å². The van der Waals surface area contributed by atoms with Gasteiger partial charge in [0, 0.05) is 6.61 Å². The molecular formula is C23H30N2O5. The number of carbonyl (C=O) groups is 2. The monoisotopic (exact) mass is 414 g/mol. The van der Waals surface area contributed by atoms with Gasteiger partial charge in [-0.1, -0.05) is 74.0 Å². The maximum atomic E-state index is 12.8. The van der Waals surface area contributed by atoms with Crippen molar-refractivity contribution >= 4 is 12.2 Å². The maximum absolute atomic E-state index is 12.8. The van der Waals surface area contributed by atoms with Crippen LogP contribution >= 0.6 is 0 Å². The highest BCUT2D eigenvalue weighted by atomic mass is 16.6. The Morgan fingerprint density at radius 1 is 0.933 bits per heavy atom. The molecule has 2 aromatic rings. The predicted octanol–water partition coefficient (Wildman–Crippen LogP) is 4.41. The Bertz CT molecular complexity index is 755. The van der Waals surface area contributed by atoms with Gasteiger partial charge in [-0.3, -0.25) is 0 Å². The van der Waals surface area contributed by atoms with Crippen LogP contribution in [0.15, 0.2) is 60.7 Å². The average molecular weight is 415 g/mol. The first-order chi connectivity index (χ1) is 14.6. The second-order valence-corrected chi connectivity index (χ2v) is 6.89. The number of nitrogens with zero attached hydrogens (tertiary/aromatic N) is 1. The first-order valence-corrected chi connectivity index (χ1v) is 10.2. The lowest BCUT2D eigenvalue weighted by atomic mass is 10.1. The third-order valence-corrected chi connectivity index (χ3v) is 4.51. The maximum Gasteiger partial charge on any atom is 0.429 e. The largest absolute Gasteiger partial charge is 0.443 e. The highest BCUT2D eigenvalue weighted by molar-refractivity contribution is 5.74. The van der Waals surface area contributed by atoms with Gasteiger partial charge < -0.3 is 14.6 Å². The molecule has 2 N–H and O–H groups in total. The molecule has 1 unspecified atom stereocenters. The van der Waals surface area contributed by atoms with E-state index in [1.54, 1.807) is 0 Å². The smallest absolute Gasteiger partial charge is 0.429 e. The lowest BCUT2D eigenvalue weighted by molar-refractivity contribution is 0.0410. The van der Waals surface area contributed by atoms with Crippen LogP contribution in [0.5, 0.6) is 0 Å². The minimum absolute atomic E-state index is 0.00553. The molecule has 162 valence electrons. The molecule has 0 spiro atoms. The fraction of sp³-hybridized carbons (Fsp3) is 0.391. The Balaban J connectivity index is 2.02. The second-order valence-electron chi connectivity index (χ2n) is 6.89. The summed E-state index contributed by atoms with van der Waals surface area (Å²) >= 11 is 0. The van der Waals surface area contributed by atoms with Gasteiger partial charge in [0.05, 0.1) is 6.04 Å². The normalized spacial score (nSPS) is 11.4. The Kier molecular flexibility index (Phi) is 10.2. The second kappa shape index (κ2) is 13.2. The molecule has 0 aliphatic rings. The number of amides is 2. The third-order valence-electron chi connectivity index (χ3n) is 4.51. The number of ether oxygens (including phenoxy) is 2. The van der Waals surface area contributed by atoms with Crippen LogP contribution in [0.25, 0.3) is 0 Å². The van der Waals surface area contributed by atoms with E-state index in [2.05, 4.69) is 5.43 Å². The number of hydrazine groups is 1. The Morgan fingerprint density at radius 3 is 2.03 bits per heavy atom. The van der Waals surface area contributed by atoms with E-state index < -0.39 is 12.2 Å². The van der Waals surface area contributed by atoms with E-state index in [9.17, 15) is 14.7 Å². The van der Waals surface area contributed by atoms with Gasteiger partial charge in [-0.2, -0.15) is 0 Å². The number of carbonyl (C=O) groups excluding carboxylic acids is 2. The molecule has 0 aromatic heterocycles. The highest BCUT2D eigenvalue weighted by Gasteiger charge is 2.27.